The molecule has 1 saturated heterocycles. The average Bonchev–Trinajstić information content (AvgIpc) is 3.18. The maximum absolute atomic E-state index is 14.5. The minimum Gasteiger partial charge on any atom is -0.392 e. The van der Waals surface area contributed by atoms with Gasteiger partial charge < -0.3 is 15.3 Å². The van der Waals surface area contributed by atoms with Crippen LogP contribution in [0.1, 0.15) is 63.6 Å². The number of hydrogen-bond donors (Lipinski definition) is 2. The number of aliphatic hydroxyl groups is 1. The first kappa shape index (κ1) is 23.1. The molecule has 6 nitrogen and oxygen atoms in total. The maximum atomic E-state index is 14.5. The van der Waals surface area contributed by atoms with Gasteiger partial charge in [0.2, 0.25) is 0 Å². The minimum atomic E-state index is -0.641. The summed E-state index contributed by atoms with van der Waals surface area (Å²) in [4.78, 5) is 14.6. The highest BCUT2D eigenvalue weighted by Crippen LogP contribution is 2.70. The standard InChI is InChI=1S/C26H32F2N4O2/c1-15(33)13-29-24(34)32-11-5-6-16(14-32)26-10-9-18(25(26,2)3)17-12-21(30-31-23(17)26)22-19(27)7-4-8-20(22)28/h4,7-8,12,15-16,18,33H,5-6,9-11,13-14H2,1-3H3,(H,29,34). The lowest BCUT2D eigenvalue weighted by atomic mass is 9.59. The first-order valence-corrected chi connectivity index (χ1v) is 12.2. The van der Waals surface area contributed by atoms with Crippen LogP contribution in [0.4, 0.5) is 13.6 Å². The third-order valence-electron chi connectivity index (χ3n) is 8.64. The summed E-state index contributed by atoms with van der Waals surface area (Å²) in [6, 6.07) is 5.52. The zero-order valence-electron chi connectivity index (χ0n) is 19.9. The average molecular weight is 471 g/mol. The Bertz CT molecular complexity index is 1100. The SMILES string of the molecule is CC(O)CNC(=O)N1CCCC(C23CCC(c4cc(-c5c(F)cccc5F)nnc42)C3(C)C)C1. The summed E-state index contributed by atoms with van der Waals surface area (Å²) in [6.07, 6.45) is 3.24. The number of carbonyl (C=O) groups is 1. The Morgan fingerprint density at radius 1 is 1.26 bits per heavy atom. The number of piperidine rings is 1. The van der Waals surface area contributed by atoms with Gasteiger partial charge in [-0.15, -0.1) is 0 Å². The lowest BCUT2D eigenvalue weighted by molar-refractivity contribution is 0.0669. The number of likely N-dealkylation sites (tertiary alicyclic amines) is 1. The molecule has 182 valence electrons. The maximum Gasteiger partial charge on any atom is 0.317 e. The largest absolute Gasteiger partial charge is 0.392 e. The number of aliphatic hydroxyl groups excluding tert-OH is 1. The summed E-state index contributed by atoms with van der Waals surface area (Å²) in [6.45, 7) is 7.71. The number of aromatic nitrogens is 2. The van der Waals surface area contributed by atoms with Crippen molar-refractivity contribution in [1.82, 2.24) is 20.4 Å². The van der Waals surface area contributed by atoms with Crippen molar-refractivity contribution in [3.8, 4) is 11.3 Å². The Balaban J connectivity index is 1.50. The monoisotopic (exact) mass is 470 g/mol. The third kappa shape index (κ3) is 3.33. The predicted octanol–water partition coefficient (Wildman–Crippen LogP) is 4.38. The molecule has 2 amide bonds. The van der Waals surface area contributed by atoms with E-state index in [4.69, 9.17) is 0 Å². The number of nitrogens with zero attached hydrogens (tertiary/aromatic N) is 3. The van der Waals surface area contributed by atoms with Gasteiger partial charge in [0.1, 0.15) is 11.6 Å². The third-order valence-corrected chi connectivity index (χ3v) is 8.64. The summed E-state index contributed by atoms with van der Waals surface area (Å²) >= 11 is 0. The molecule has 2 heterocycles. The Morgan fingerprint density at radius 2 is 2.00 bits per heavy atom. The fourth-order valence-electron chi connectivity index (χ4n) is 7.05. The molecule has 1 aromatic heterocycles. The van der Waals surface area contributed by atoms with Crippen LogP contribution in [0.5, 0.6) is 0 Å². The van der Waals surface area contributed by atoms with Crippen LogP contribution in [0.3, 0.4) is 0 Å². The highest BCUT2D eigenvalue weighted by atomic mass is 19.1. The van der Waals surface area contributed by atoms with Crippen LogP contribution in [0.2, 0.25) is 0 Å². The van der Waals surface area contributed by atoms with Crippen LogP contribution in [0.25, 0.3) is 11.3 Å². The van der Waals surface area contributed by atoms with Crippen LogP contribution >= 0.6 is 0 Å². The van der Waals surface area contributed by atoms with Crippen molar-refractivity contribution < 1.29 is 18.7 Å². The number of fused-ring (bicyclic) bond motifs is 5. The molecular weight excluding hydrogens is 438 g/mol. The topological polar surface area (TPSA) is 78.4 Å². The molecule has 5 rings (SSSR count). The summed E-state index contributed by atoms with van der Waals surface area (Å²) in [5, 5.41) is 21.3. The molecule has 4 atom stereocenters. The Hall–Kier alpha value is -2.61. The molecule has 1 aromatic carbocycles. The van der Waals surface area contributed by atoms with Crippen LogP contribution in [-0.4, -0.2) is 52.0 Å². The molecule has 2 N–H and O–H groups in total. The Kier molecular flexibility index (Phi) is 5.62. The van der Waals surface area contributed by atoms with E-state index in [-0.39, 0.29) is 46.5 Å². The highest BCUT2D eigenvalue weighted by molar-refractivity contribution is 5.74. The van der Waals surface area contributed by atoms with Crippen LogP contribution in [0.15, 0.2) is 24.3 Å². The lowest BCUT2D eigenvalue weighted by Gasteiger charge is -2.48. The van der Waals surface area contributed by atoms with Gasteiger partial charge in [0.15, 0.2) is 0 Å². The van der Waals surface area contributed by atoms with Crippen molar-refractivity contribution in [2.24, 2.45) is 11.3 Å². The van der Waals surface area contributed by atoms with E-state index in [1.165, 1.54) is 18.2 Å². The summed E-state index contributed by atoms with van der Waals surface area (Å²) in [7, 11) is 0. The number of hydrogen-bond acceptors (Lipinski definition) is 4. The van der Waals surface area contributed by atoms with Gasteiger partial charge in [0.25, 0.3) is 0 Å². The van der Waals surface area contributed by atoms with Gasteiger partial charge in [-0.2, -0.15) is 10.2 Å². The van der Waals surface area contributed by atoms with Gasteiger partial charge in [-0.1, -0.05) is 19.9 Å². The number of urea groups is 1. The van der Waals surface area contributed by atoms with E-state index in [9.17, 15) is 18.7 Å². The number of nitrogens with one attached hydrogen (secondary N) is 1. The van der Waals surface area contributed by atoms with Crippen LogP contribution < -0.4 is 5.32 Å². The van der Waals surface area contributed by atoms with Crippen LogP contribution in [-0.2, 0) is 5.41 Å². The fraction of sp³-hybridized carbons (Fsp3) is 0.577. The molecule has 3 aliphatic rings. The first-order valence-electron chi connectivity index (χ1n) is 12.2. The van der Waals surface area contributed by atoms with E-state index in [0.717, 1.165) is 36.9 Å². The zero-order valence-corrected chi connectivity index (χ0v) is 19.9. The molecule has 1 aliphatic heterocycles. The van der Waals surface area contributed by atoms with Crippen molar-refractivity contribution in [2.75, 3.05) is 19.6 Å². The van der Waals surface area contributed by atoms with Crippen molar-refractivity contribution in [3.05, 3.63) is 47.2 Å². The number of rotatable bonds is 4. The smallest absolute Gasteiger partial charge is 0.317 e. The van der Waals surface area contributed by atoms with E-state index < -0.39 is 17.7 Å². The molecular formula is C26H32F2N4O2. The molecule has 0 spiro atoms. The van der Waals surface area contributed by atoms with Crippen molar-refractivity contribution in [2.45, 2.75) is 63.9 Å². The molecule has 1 saturated carbocycles. The Labute approximate surface area is 198 Å². The molecule has 4 unspecified atom stereocenters. The molecule has 2 bridgehead atoms. The van der Waals surface area contributed by atoms with E-state index in [1.54, 1.807) is 6.92 Å². The predicted molar refractivity (Wildman–Crippen MR) is 124 cm³/mol. The summed E-state index contributed by atoms with van der Waals surface area (Å²) in [5.41, 5.74) is 1.72. The summed E-state index contributed by atoms with van der Waals surface area (Å²) in [5.74, 6) is -0.841. The summed E-state index contributed by atoms with van der Waals surface area (Å²) < 4.78 is 28.9. The second-order valence-electron chi connectivity index (χ2n) is 10.7. The quantitative estimate of drug-likeness (QED) is 0.695. The second-order valence-corrected chi connectivity index (χ2v) is 10.7. The van der Waals surface area contributed by atoms with Gasteiger partial charge in [-0.3, -0.25) is 0 Å². The first-order chi connectivity index (χ1) is 16.2. The van der Waals surface area contributed by atoms with Gasteiger partial charge in [-0.05, 0) is 73.6 Å². The molecule has 8 heteroatoms. The molecule has 2 fully saturated rings. The van der Waals surface area contributed by atoms with Gasteiger partial charge in [0, 0.05) is 25.0 Å². The van der Waals surface area contributed by atoms with E-state index in [1.807, 2.05) is 11.0 Å². The van der Waals surface area contributed by atoms with E-state index >= 15 is 0 Å². The van der Waals surface area contributed by atoms with Gasteiger partial charge in [-0.25, -0.2) is 13.6 Å². The van der Waals surface area contributed by atoms with Gasteiger partial charge >= 0.3 is 6.03 Å². The second kappa shape index (κ2) is 8.26. The molecule has 34 heavy (non-hydrogen) atoms. The number of benzene rings is 1. The number of halogens is 2. The zero-order chi connectivity index (χ0) is 24.3. The normalized spacial score (nSPS) is 28.0. The Morgan fingerprint density at radius 3 is 2.71 bits per heavy atom. The van der Waals surface area contributed by atoms with Crippen LogP contribution in [0, 0.1) is 23.0 Å². The van der Waals surface area contributed by atoms with Gasteiger partial charge in [0.05, 0.1) is 23.1 Å². The molecule has 2 aromatic rings. The lowest BCUT2D eigenvalue weighted by Crippen LogP contribution is -2.53. The van der Waals surface area contributed by atoms with E-state index in [2.05, 4.69) is 29.4 Å². The van der Waals surface area contributed by atoms with Crippen molar-refractivity contribution in [3.63, 3.8) is 0 Å². The van der Waals surface area contributed by atoms with E-state index in [0.29, 0.717) is 13.1 Å². The fourth-order valence-corrected chi connectivity index (χ4v) is 7.05. The molecule has 0 radical (unpaired) electrons. The number of carbonyl (C=O) groups excluding carboxylic acids is 1. The van der Waals surface area contributed by atoms with Crippen molar-refractivity contribution >= 4 is 6.03 Å². The van der Waals surface area contributed by atoms with Crippen molar-refractivity contribution in [1.29, 1.82) is 0 Å². The molecule has 2 aliphatic carbocycles. The minimum absolute atomic E-state index is 0.111. The highest BCUT2D eigenvalue weighted by Gasteiger charge is 2.66. The number of amides is 2.